The quantitative estimate of drug-likeness (QED) is 0.379. The number of nitrogens with two attached hydrogens (primary N) is 1. The molecule has 1 rings (SSSR count). The van der Waals surface area contributed by atoms with Crippen LogP contribution in [0.1, 0.15) is 20.3 Å². The molecule has 100 valence electrons. The number of oxime groups is 1. The van der Waals surface area contributed by atoms with E-state index in [2.05, 4.69) is 21.1 Å². The summed E-state index contributed by atoms with van der Waals surface area (Å²) in [5.41, 5.74) is 5.04. The molecule has 0 fully saturated rings. The maximum absolute atomic E-state index is 13.5. The molecule has 0 saturated carbocycles. The molecule has 0 heterocycles. The molecule has 0 aromatic heterocycles. The van der Waals surface area contributed by atoms with Crippen LogP contribution in [0, 0.1) is 11.2 Å². The molecule has 0 saturated heterocycles. The van der Waals surface area contributed by atoms with Crippen molar-refractivity contribution in [1.29, 1.82) is 0 Å². The summed E-state index contributed by atoms with van der Waals surface area (Å²) in [4.78, 5) is 0. The van der Waals surface area contributed by atoms with E-state index >= 15 is 0 Å². The van der Waals surface area contributed by atoms with Crippen LogP contribution >= 0.6 is 15.9 Å². The highest BCUT2D eigenvalue weighted by molar-refractivity contribution is 9.10. The van der Waals surface area contributed by atoms with Gasteiger partial charge in [-0.1, -0.05) is 34.9 Å². The van der Waals surface area contributed by atoms with Gasteiger partial charge in [0.05, 0.1) is 6.61 Å². The zero-order chi connectivity index (χ0) is 13.8. The van der Waals surface area contributed by atoms with Crippen molar-refractivity contribution in [3.05, 3.63) is 28.5 Å². The van der Waals surface area contributed by atoms with Gasteiger partial charge in [0.1, 0.15) is 5.84 Å². The largest absolute Gasteiger partial charge is 0.490 e. The van der Waals surface area contributed by atoms with Crippen LogP contribution in [0.5, 0.6) is 5.75 Å². The van der Waals surface area contributed by atoms with E-state index in [1.807, 2.05) is 13.8 Å². The normalized spacial score (nSPS) is 12.6. The van der Waals surface area contributed by atoms with Crippen LogP contribution < -0.4 is 10.5 Å². The lowest BCUT2D eigenvalue weighted by Crippen LogP contribution is -2.33. The Morgan fingerprint density at radius 2 is 2.22 bits per heavy atom. The van der Waals surface area contributed by atoms with E-state index in [1.165, 1.54) is 6.07 Å². The minimum absolute atomic E-state index is 0.127. The summed E-state index contributed by atoms with van der Waals surface area (Å²) in [7, 11) is 0. The average molecular weight is 319 g/mol. The number of hydrogen-bond donors (Lipinski definition) is 2. The second kappa shape index (κ2) is 6.04. The molecule has 0 amide bonds. The fourth-order valence-electron chi connectivity index (χ4n) is 1.27. The van der Waals surface area contributed by atoms with E-state index < -0.39 is 11.2 Å². The summed E-state index contributed by atoms with van der Waals surface area (Å²) >= 11 is 3.17. The van der Waals surface area contributed by atoms with E-state index in [4.69, 9.17) is 15.7 Å². The molecule has 0 aliphatic heterocycles. The maximum Gasteiger partial charge on any atom is 0.166 e. The van der Waals surface area contributed by atoms with E-state index in [9.17, 15) is 4.39 Å². The molecular formula is C12H16BrFN2O2. The van der Waals surface area contributed by atoms with Gasteiger partial charge in [-0.2, -0.15) is 0 Å². The summed E-state index contributed by atoms with van der Waals surface area (Å²) in [6.45, 7) is 3.93. The molecule has 0 aliphatic rings. The molecule has 3 N–H and O–H groups in total. The van der Waals surface area contributed by atoms with Gasteiger partial charge in [0, 0.05) is 9.89 Å². The summed E-state index contributed by atoms with van der Waals surface area (Å²) in [6.07, 6.45) is 0.512. The molecule has 0 radical (unpaired) electrons. The van der Waals surface area contributed by atoms with Gasteiger partial charge in [0.25, 0.3) is 0 Å². The Kier molecular flexibility index (Phi) is 4.95. The van der Waals surface area contributed by atoms with Gasteiger partial charge in [-0.05, 0) is 24.6 Å². The molecule has 0 aliphatic carbocycles. The lowest BCUT2D eigenvalue weighted by molar-refractivity contribution is 0.251. The van der Waals surface area contributed by atoms with Gasteiger partial charge >= 0.3 is 0 Å². The highest BCUT2D eigenvalue weighted by Crippen LogP contribution is 2.24. The van der Waals surface area contributed by atoms with Crippen molar-refractivity contribution in [2.24, 2.45) is 16.3 Å². The molecular weight excluding hydrogens is 303 g/mol. The van der Waals surface area contributed by atoms with Gasteiger partial charge in [-0.15, -0.1) is 0 Å². The van der Waals surface area contributed by atoms with Crippen LogP contribution in [-0.2, 0) is 0 Å². The summed E-state index contributed by atoms with van der Waals surface area (Å²) in [5.74, 6) is -0.109. The van der Waals surface area contributed by atoms with E-state index in [1.54, 1.807) is 12.1 Å². The second-order valence-corrected chi connectivity index (χ2v) is 5.46. The van der Waals surface area contributed by atoms with Crippen LogP contribution in [0.15, 0.2) is 27.8 Å². The first-order valence-electron chi connectivity index (χ1n) is 5.42. The highest BCUT2D eigenvalue weighted by atomic mass is 79.9. The van der Waals surface area contributed by atoms with E-state index in [0.717, 1.165) is 0 Å². The Morgan fingerprint density at radius 1 is 1.56 bits per heavy atom. The van der Waals surface area contributed by atoms with Crippen molar-refractivity contribution in [3.63, 3.8) is 0 Å². The molecule has 0 spiro atoms. The molecule has 0 atom stereocenters. The molecule has 6 heteroatoms. The molecule has 4 nitrogen and oxygen atoms in total. The number of halogens is 2. The van der Waals surface area contributed by atoms with Gasteiger partial charge in [0.15, 0.2) is 11.6 Å². The lowest BCUT2D eigenvalue weighted by Gasteiger charge is -2.22. The van der Waals surface area contributed by atoms with Gasteiger partial charge in [0.2, 0.25) is 0 Å². The predicted molar refractivity (Wildman–Crippen MR) is 71.4 cm³/mol. The van der Waals surface area contributed by atoms with Crippen LogP contribution in [0.2, 0.25) is 0 Å². The fourth-order valence-corrected chi connectivity index (χ4v) is 1.60. The van der Waals surface area contributed by atoms with Gasteiger partial charge in [-0.3, -0.25) is 0 Å². The Labute approximate surface area is 114 Å². The third-order valence-corrected chi connectivity index (χ3v) is 3.17. The first-order chi connectivity index (χ1) is 8.36. The lowest BCUT2D eigenvalue weighted by atomic mass is 9.88. The second-order valence-electron chi connectivity index (χ2n) is 4.54. The summed E-state index contributed by atoms with van der Waals surface area (Å²) < 4.78 is 19.4. The van der Waals surface area contributed by atoms with Crippen molar-refractivity contribution >= 4 is 21.8 Å². The van der Waals surface area contributed by atoms with Crippen molar-refractivity contribution in [2.75, 3.05) is 6.61 Å². The number of ether oxygens (including phenoxy) is 1. The van der Waals surface area contributed by atoms with Gasteiger partial charge < -0.3 is 15.7 Å². The summed E-state index contributed by atoms with van der Waals surface area (Å²) in [5, 5.41) is 11.6. The van der Waals surface area contributed by atoms with E-state index in [-0.39, 0.29) is 18.2 Å². The number of benzene rings is 1. The minimum Gasteiger partial charge on any atom is -0.490 e. The monoisotopic (exact) mass is 318 g/mol. The first-order valence-corrected chi connectivity index (χ1v) is 6.22. The smallest absolute Gasteiger partial charge is 0.166 e. The number of nitrogens with zero attached hydrogens (tertiary/aromatic N) is 1. The summed E-state index contributed by atoms with van der Waals surface area (Å²) in [6, 6.07) is 4.59. The molecule has 0 unspecified atom stereocenters. The Morgan fingerprint density at radius 3 is 2.78 bits per heavy atom. The van der Waals surface area contributed by atoms with Crippen molar-refractivity contribution in [3.8, 4) is 5.75 Å². The topological polar surface area (TPSA) is 67.8 Å². The number of hydrogen-bond acceptors (Lipinski definition) is 3. The van der Waals surface area contributed by atoms with Crippen molar-refractivity contribution < 1.29 is 14.3 Å². The third-order valence-electron chi connectivity index (χ3n) is 2.68. The molecule has 1 aromatic carbocycles. The fraction of sp³-hybridized carbons (Fsp3) is 0.417. The van der Waals surface area contributed by atoms with Crippen LogP contribution in [-0.4, -0.2) is 17.6 Å². The van der Waals surface area contributed by atoms with Crippen LogP contribution in [0.4, 0.5) is 4.39 Å². The Bertz CT molecular complexity index is 450. The number of amidine groups is 1. The Hall–Kier alpha value is -1.30. The SMILES string of the molecule is CC(C)(CCOc1ccc(Br)cc1F)C(N)=NO. The minimum atomic E-state index is -0.499. The van der Waals surface area contributed by atoms with Crippen molar-refractivity contribution in [2.45, 2.75) is 20.3 Å². The zero-order valence-electron chi connectivity index (χ0n) is 10.3. The average Bonchev–Trinajstić information content (AvgIpc) is 2.30. The molecule has 18 heavy (non-hydrogen) atoms. The van der Waals surface area contributed by atoms with E-state index in [0.29, 0.717) is 10.9 Å². The molecule has 0 bridgehead atoms. The van der Waals surface area contributed by atoms with Crippen LogP contribution in [0.3, 0.4) is 0 Å². The highest BCUT2D eigenvalue weighted by Gasteiger charge is 2.23. The standard InChI is InChI=1S/C12H16BrFN2O2/c1-12(2,11(15)16-17)5-6-18-10-4-3-8(13)7-9(10)14/h3-4,7,17H,5-6H2,1-2H3,(H2,15,16). The predicted octanol–water partition coefficient (Wildman–Crippen LogP) is 3.13. The maximum atomic E-state index is 13.5. The van der Waals surface area contributed by atoms with Gasteiger partial charge in [-0.25, -0.2) is 4.39 Å². The molecule has 1 aromatic rings. The first kappa shape index (κ1) is 14.8. The number of rotatable bonds is 5. The third kappa shape index (κ3) is 3.87. The van der Waals surface area contributed by atoms with Crippen LogP contribution in [0.25, 0.3) is 0 Å². The zero-order valence-corrected chi connectivity index (χ0v) is 11.9. The van der Waals surface area contributed by atoms with Crippen molar-refractivity contribution in [1.82, 2.24) is 0 Å². The Balaban J connectivity index is 2.57.